The number of nitrogens with one attached hydrogen (secondary N) is 1. The van der Waals surface area contributed by atoms with Gasteiger partial charge in [0.2, 0.25) is 0 Å². The van der Waals surface area contributed by atoms with Crippen molar-refractivity contribution in [3.05, 3.63) is 58.9 Å². The van der Waals surface area contributed by atoms with Crippen LogP contribution in [0.2, 0.25) is 5.02 Å². The second-order valence-electron chi connectivity index (χ2n) is 4.69. The predicted molar refractivity (Wildman–Crippen MR) is 81.2 cm³/mol. The van der Waals surface area contributed by atoms with E-state index in [2.05, 4.69) is 5.32 Å². The van der Waals surface area contributed by atoms with Crippen LogP contribution in [0.15, 0.2) is 42.5 Å². The Morgan fingerprint density at radius 1 is 1.25 bits per heavy atom. The molecule has 0 amide bonds. The number of benzene rings is 2. The first-order valence-corrected chi connectivity index (χ1v) is 6.81. The van der Waals surface area contributed by atoms with Gasteiger partial charge in [0.25, 0.3) is 0 Å². The molecule has 2 nitrogen and oxygen atoms in total. The Hall–Kier alpha value is -1.74. The van der Waals surface area contributed by atoms with E-state index in [0.717, 1.165) is 17.7 Å². The second-order valence-corrected chi connectivity index (χ2v) is 5.12. The summed E-state index contributed by atoms with van der Waals surface area (Å²) >= 11 is 5.88. The smallest absolute Gasteiger partial charge is 0.146 e. The van der Waals surface area contributed by atoms with Crippen LogP contribution in [-0.4, -0.2) is 13.2 Å². The summed E-state index contributed by atoms with van der Waals surface area (Å²) < 4.78 is 19.0. The van der Waals surface area contributed by atoms with Crippen LogP contribution in [0.5, 0.6) is 5.75 Å². The maximum absolute atomic E-state index is 13.7. The highest BCUT2D eigenvalue weighted by Crippen LogP contribution is 2.23. The highest BCUT2D eigenvalue weighted by Gasteiger charge is 2.10. The van der Waals surface area contributed by atoms with E-state index >= 15 is 0 Å². The number of methoxy groups -OCH3 is 1. The topological polar surface area (TPSA) is 21.3 Å². The normalized spacial score (nSPS) is 12.0. The predicted octanol–water partition coefficient (Wildman–Crippen LogP) is 4.53. The molecule has 1 atom stereocenters. The van der Waals surface area contributed by atoms with Crippen molar-refractivity contribution in [2.24, 2.45) is 0 Å². The van der Waals surface area contributed by atoms with E-state index in [1.54, 1.807) is 13.2 Å². The number of hydrogen-bond donors (Lipinski definition) is 1. The van der Waals surface area contributed by atoms with Gasteiger partial charge in [-0.25, -0.2) is 4.39 Å². The Morgan fingerprint density at radius 2 is 2.00 bits per heavy atom. The molecule has 0 aromatic heterocycles. The lowest BCUT2D eigenvalue weighted by Gasteiger charge is -2.17. The quantitative estimate of drug-likeness (QED) is 0.874. The lowest BCUT2D eigenvalue weighted by Crippen LogP contribution is -2.19. The molecule has 2 rings (SSSR count). The van der Waals surface area contributed by atoms with Crippen molar-refractivity contribution in [1.29, 1.82) is 0 Å². The monoisotopic (exact) mass is 293 g/mol. The van der Waals surface area contributed by atoms with Crippen LogP contribution in [0.3, 0.4) is 0 Å². The summed E-state index contributed by atoms with van der Waals surface area (Å²) in [6.45, 7) is 1.99. The summed E-state index contributed by atoms with van der Waals surface area (Å²) in [5.74, 6) is 0.536. The minimum atomic E-state index is -0.304. The molecule has 0 radical (unpaired) electrons. The van der Waals surface area contributed by atoms with E-state index in [4.69, 9.17) is 16.3 Å². The molecule has 1 unspecified atom stereocenters. The van der Waals surface area contributed by atoms with Gasteiger partial charge < -0.3 is 10.1 Å². The first-order valence-electron chi connectivity index (χ1n) is 6.43. The van der Waals surface area contributed by atoms with E-state index < -0.39 is 0 Å². The SMILES string of the molecule is COc1ccccc1CC(C)Nc1cc(Cl)ccc1F. The first kappa shape index (κ1) is 14.7. The maximum atomic E-state index is 13.7. The highest BCUT2D eigenvalue weighted by atomic mass is 35.5. The lowest BCUT2D eigenvalue weighted by atomic mass is 10.1. The molecule has 20 heavy (non-hydrogen) atoms. The minimum absolute atomic E-state index is 0.0549. The fourth-order valence-electron chi connectivity index (χ4n) is 2.13. The van der Waals surface area contributed by atoms with E-state index in [-0.39, 0.29) is 11.9 Å². The van der Waals surface area contributed by atoms with Crippen LogP contribution >= 0.6 is 11.6 Å². The zero-order valence-electron chi connectivity index (χ0n) is 11.5. The fourth-order valence-corrected chi connectivity index (χ4v) is 2.30. The van der Waals surface area contributed by atoms with Gasteiger partial charge in [-0.15, -0.1) is 0 Å². The van der Waals surface area contributed by atoms with Gasteiger partial charge in [0.05, 0.1) is 12.8 Å². The summed E-state index contributed by atoms with van der Waals surface area (Å²) in [5.41, 5.74) is 1.50. The Morgan fingerprint density at radius 3 is 2.75 bits per heavy atom. The average molecular weight is 294 g/mol. The zero-order chi connectivity index (χ0) is 14.5. The van der Waals surface area contributed by atoms with Crippen LogP contribution < -0.4 is 10.1 Å². The summed E-state index contributed by atoms with van der Waals surface area (Å²) in [5, 5.41) is 3.65. The molecule has 106 valence electrons. The molecule has 0 spiro atoms. The van der Waals surface area contributed by atoms with Gasteiger partial charge in [0.1, 0.15) is 11.6 Å². The van der Waals surface area contributed by atoms with E-state index in [0.29, 0.717) is 10.7 Å². The van der Waals surface area contributed by atoms with Gasteiger partial charge in [-0.2, -0.15) is 0 Å². The van der Waals surface area contributed by atoms with Crippen molar-refractivity contribution < 1.29 is 9.13 Å². The summed E-state index contributed by atoms with van der Waals surface area (Å²) in [4.78, 5) is 0. The third-order valence-electron chi connectivity index (χ3n) is 3.05. The summed E-state index contributed by atoms with van der Waals surface area (Å²) in [6.07, 6.45) is 0.732. The van der Waals surface area contributed by atoms with Crippen LogP contribution in [0.1, 0.15) is 12.5 Å². The van der Waals surface area contributed by atoms with Crippen LogP contribution in [-0.2, 0) is 6.42 Å². The van der Waals surface area contributed by atoms with Crippen molar-refractivity contribution in [3.63, 3.8) is 0 Å². The first-order chi connectivity index (χ1) is 9.60. The number of rotatable bonds is 5. The lowest BCUT2D eigenvalue weighted by molar-refractivity contribution is 0.409. The largest absolute Gasteiger partial charge is 0.496 e. The van der Waals surface area contributed by atoms with Gasteiger partial charge >= 0.3 is 0 Å². The molecule has 4 heteroatoms. The second kappa shape index (κ2) is 6.62. The maximum Gasteiger partial charge on any atom is 0.146 e. The molecular weight excluding hydrogens is 277 g/mol. The van der Waals surface area contributed by atoms with E-state index in [9.17, 15) is 4.39 Å². The molecule has 0 saturated carbocycles. The molecular formula is C16H17ClFNO. The fraction of sp³-hybridized carbons (Fsp3) is 0.250. The molecule has 0 heterocycles. The van der Waals surface area contributed by atoms with Crippen molar-refractivity contribution in [2.75, 3.05) is 12.4 Å². The average Bonchev–Trinajstić information content (AvgIpc) is 2.43. The Labute approximate surface area is 123 Å². The minimum Gasteiger partial charge on any atom is -0.496 e. The Kier molecular flexibility index (Phi) is 4.85. The van der Waals surface area contributed by atoms with Gasteiger partial charge in [-0.3, -0.25) is 0 Å². The van der Waals surface area contributed by atoms with Crippen molar-refractivity contribution >= 4 is 17.3 Å². The Bertz CT molecular complexity index is 588. The number of para-hydroxylation sites is 1. The van der Waals surface area contributed by atoms with Gasteiger partial charge in [-0.1, -0.05) is 29.8 Å². The third-order valence-corrected chi connectivity index (χ3v) is 3.28. The number of ether oxygens (including phenoxy) is 1. The molecule has 0 aliphatic heterocycles. The highest BCUT2D eigenvalue weighted by molar-refractivity contribution is 6.30. The molecule has 0 aliphatic rings. The standard InChI is InChI=1S/C16H17ClFNO/c1-11(9-12-5-3-4-6-16(12)20-2)19-15-10-13(17)7-8-14(15)18/h3-8,10-11,19H,9H2,1-2H3. The van der Waals surface area contributed by atoms with Crippen LogP contribution in [0.4, 0.5) is 10.1 Å². The molecule has 2 aromatic rings. The molecule has 0 aliphatic carbocycles. The number of hydrogen-bond acceptors (Lipinski definition) is 2. The summed E-state index contributed by atoms with van der Waals surface area (Å²) in [7, 11) is 1.65. The van der Waals surface area contributed by atoms with Crippen molar-refractivity contribution in [2.45, 2.75) is 19.4 Å². The van der Waals surface area contributed by atoms with Crippen LogP contribution in [0.25, 0.3) is 0 Å². The molecule has 0 bridgehead atoms. The van der Waals surface area contributed by atoms with E-state index in [1.807, 2.05) is 31.2 Å². The van der Waals surface area contributed by atoms with Crippen LogP contribution in [0, 0.1) is 5.82 Å². The van der Waals surface area contributed by atoms with Crippen molar-refractivity contribution in [3.8, 4) is 5.75 Å². The van der Waals surface area contributed by atoms with Crippen molar-refractivity contribution in [1.82, 2.24) is 0 Å². The molecule has 0 saturated heterocycles. The number of anilines is 1. The van der Waals surface area contributed by atoms with Gasteiger partial charge in [0.15, 0.2) is 0 Å². The van der Waals surface area contributed by atoms with E-state index in [1.165, 1.54) is 12.1 Å². The zero-order valence-corrected chi connectivity index (χ0v) is 12.2. The summed E-state index contributed by atoms with van der Waals surface area (Å²) in [6, 6.07) is 12.4. The molecule has 1 N–H and O–H groups in total. The molecule has 0 fully saturated rings. The Balaban J connectivity index is 2.09. The third kappa shape index (κ3) is 3.64. The number of halogens is 2. The molecule has 2 aromatic carbocycles. The van der Waals surface area contributed by atoms with Gasteiger partial charge in [0, 0.05) is 11.1 Å². The van der Waals surface area contributed by atoms with Gasteiger partial charge in [-0.05, 0) is 43.2 Å².